The molecule has 3 aliphatic rings. The van der Waals surface area contributed by atoms with Gasteiger partial charge in [-0.1, -0.05) is 13.3 Å². The molecular weight excluding hydrogens is 304 g/mol. The average Bonchev–Trinajstić information content (AvgIpc) is 2.86. The Morgan fingerprint density at radius 1 is 1.08 bits per heavy atom. The predicted octanol–water partition coefficient (Wildman–Crippen LogP) is 0.387. The normalized spacial score (nSPS) is 29.5. The van der Waals surface area contributed by atoms with Crippen molar-refractivity contribution in [2.75, 3.05) is 52.4 Å². The number of hydrogen-bond acceptors (Lipinski definition) is 4. The van der Waals surface area contributed by atoms with Crippen LogP contribution in [0.15, 0.2) is 0 Å². The Morgan fingerprint density at radius 2 is 1.79 bits per heavy atom. The van der Waals surface area contributed by atoms with Crippen LogP contribution in [0, 0.1) is 11.8 Å². The van der Waals surface area contributed by atoms with E-state index >= 15 is 0 Å². The number of amides is 2. The van der Waals surface area contributed by atoms with Crippen molar-refractivity contribution in [3.05, 3.63) is 0 Å². The number of rotatable bonds is 5. The summed E-state index contributed by atoms with van der Waals surface area (Å²) >= 11 is 0. The summed E-state index contributed by atoms with van der Waals surface area (Å²) in [4.78, 5) is 30.3. The van der Waals surface area contributed by atoms with Crippen molar-refractivity contribution in [3.63, 3.8) is 0 Å². The molecule has 2 aliphatic heterocycles. The van der Waals surface area contributed by atoms with Crippen LogP contribution in [0.25, 0.3) is 0 Å². The van der Waals surface area contributed by atoms with Gasteiger partial charge in [0.2, 0.25) is 11.8 Å². The van der Waals surface area contributed by atoms with Crippen LogP contribution in [0.1, 0.15) is 33.1 Å². The highest BCUT2D eigenvalue weighted by atomic mass is 16.2. The molecule has 0 unspecified atom stereocenters. The molecule has 2 saturated heterocycles. The van der Waals surface area contributed by atoms with Crippen LogP contribution in [0.2, 0.25) is 0 Å². The molecule has 2 atom stereocenters. The number of likely N-dealkylation sites (tertiary alicyclic amines) is 1. The fraction of sp³-hybridized carbons (Fsp3) is 0.889. The number of carbonyl (C=O) groups is 2. The lowest BCUT2D eigenvalue weighted by atomic mass is 9.85. The molecule has 24 heavy (non-hydrogen) atoms. The second kappa shape index (κ2) is 7.83. The van der Waals surface area contributed by atoms with Gasteiger partial charge in [-0.2, -0.15) is 0 Å². The summed E-state index contributed by atoms with van der Waals surface area (Å²) < 4.78 is 0. The molecule has 0 aromatic rings. The van der Waals surface area contributed by atoms with E-state index in [0.29, 0.717) is 18.5 Å². The Labute approximate surface area is 145 Å². The van der Waals surface area contributed by atoms with Crippen LogP contribution < -0.4 is 5.32 Å². The molecular formula is C18H32N4O2. The topological polar surface area (TPSA) is 55.9 Å². The lowest BCUT2D eigenvalue weighted by Gasteiger charge is -2.39. The summed E-state index contributed by atoms with van der Waals surface area (Å²) in [6.45, 7) is 10.9. The molecule has 1 N–H and O–H groups in total. The molecule has 3 fully saturated rings. The minimum atomic E-state index is 0.177. The third-order valence-corrected chi connectivity index (χ3v) is 6.06. The zero-order valence-corrected chi connectivity index (χ0v) is 15.2. The fourth-order valence-electron chi connectivity index (χ4n) is 4.23. The second-order valence-electron chi connectivity index (χ2n) is 7.88. The van der Waals surface area contributed by atoms with Gasteiger partial charge in [0.05, 0.1) is 6.54 Å². The largest absolute Gasteiger partial charge is 0.355 e. The molecule has 2 heterocycles. The van der Waals surface area contributed by atoms with Gasteiger partial charge in [-0.15, -0.1) is 0 Å². The summed E-state index contributed by atoms with van der Waals surface area (Å²) in [5, 5.41) is 3.10. The third-order valence-electron chi connectivity index (χ3n) is 6.06. The molecule has 3 rings (SSSR count). The third kappa shape index (κ3) is 4.28. The first kappa shape index (κ1) is 17.7. The molecule has 1 saturated carbocycles. The van der Waals surface area contributed by atoms with E-state index in [1.54, 1.807) is 6.92 Å². The van der Waals surface area contributed by atoms with E-state index in [4.69, 9.17) is 0 Å². The first-order valence-electron chi connectivity index (χ1n) is 9.51. The van der Waals surface area contributed by atoms with Gasteiger partial charge in [0.25, 0.3) is 0 Å². The summed E-state index contributed by atoms with van der Waals surface area (Å²) in [6.07, 6.45) is 3.87. The second-order valence-corrected chi connectivity index (χ2v) is 7.88. The van der Waals surface area contributed by atoms with E-state index in [9.17, 15) is 9.59 Å². The molecule has 0 bridgehead atoms. The van der Waals surface area contributed by atoms with Crippen molar-refractivity contribution in [1.82, 2.24) is 20.0 Å². The van der Waals surface area contributed by atoms with Crippen LogP contribution in [0.4, 0.5) is 0 Å². The van der Waals surface area contributed by atoms with E-state index < -0.39 is 0 Å². The highest BCUT2D eigenvalue weighted by Crippen LogP contribution is 2.25. The highest BCUT2D eigenvalue weighted by Gasteiger charge is 2.36. The highest BCUT2D eigenvalue weighted by molar-refractivity contribution is 5.78. The monoisotopic (exact) mass is 336 g/mol. The minimum absolute atomic E-state index is 0.177. The van der Waals surface area contributed by atoms with Gasteiger partial charge in [-0.05, 0) is 24.7 Å². The Balaban J connectivity index is 1.41. The van der Waals surface area contributed by atoms with Crippen molar-refractivity contribution in [2.45, 2.75) is 39.2 Å². The number of nitrogens with zero attached hydrogens (tertiary/aromatic N) is 3. The Morgan fingerprint density at radius 3 is 2.38 bits per heavy atom. The lowest BCUT2D eigenvalue weighted by Crippen LogP contribution is -2.53. The maximum atomic E-state index is 12.1. The molecule has 0 aromatic heterocycles. The zero-order chi connectivity index (χ0) is 17.1. The van der Waals surface area contributed by atoms with Crippen LogP contribution in [0.3, 0.4) is 0 Å². The van der Waals surface area contributed by atoms with Crippen LogP contribution >= 0.6 is 0 Å². The Hall–Kier alpha value is -1.14. The molecule has 0 spiro atoms. The van der Waals surface area contributed by atoms with Gasteiger partial charge >= 0.3 is 0 Å². The van der Waals surface area contributed by atoms with Gasteiger partial charge < -0.3 is 10.2 Å². The summed E-state index contributed by atoms with van der Waals surface area (Å²) in [6, 6.07) is 0.513. The maximum Gasteiger partial charge on any atom is 0.234 e. The molecule has 136 valence electrons. The first-order chi connectivity index (χ1) is 11.5. The Bertz CT molecular complexity index is 458. The van der Waals surface area contributed by atoms with E-state index in [-0.39, 0.29) is 11.8 Å². The average molecular weight is 336 g/mol. The summed E-state index contributed by atoms with van der Waals surface area (Å²) in [5.41, 5.74) is 0. The number of hydrogen-bond donors (Lipinski definition) is 1. The molecule has 6 heteroatoms. The van der Waals surface area contributed by atoms with E-state index in [2.05, 4.69) is 22.0 Å². The SMILES string of the molecule is CC(=O)N1CCN([C@@H]2CN(CC(=O)NCC3CCC3)C[C@H]2C)CC1. The van der Waals surface area contributed by atoms with Crippen LogP contribution in [-0.4, -0.2) is 84.9 Å². The quantitative estimate of drug-likeness (QED) is 0.789. The van der Waals surface area contributed by atoms with Gasteiger partial charge in [0.15, 0.2) is 0 Å². The Kier molecular flexibility index (Phi) is 5.76. The standard InChI is InChI=1S/C18H32N4O2/c1-14-11-20(13-18(24)19-10-16-4-3-5-16)12-17(14)22-8-6-21(7-9-22)15(2)23/h14,16-17H,3-13H2,1-2H3,(H,19,24)/t14-,17-/m1/s1. The van der Waals surface area contributed by atoms with Gasteiger partial charge in [-0.3, -0.25) is 19.4 Å². The molecule has 6 nitrogen and oxygen atoms in total. The molecule has 1 aliphatic carbocycles. The summed E-state index contributed by atoms with van der Waals surface area (Å²) in [5.74, 6) is 1.65. The lowest BCUT2D eigenvalue weighted by molar-refractivity contribution is -0.131. The zero-order valence-electron chi connectivity index (χ0n) is 15.2. The van der Waals surface area contributed by atoms with Gasteiger partial charge in [-0.25, -0.2) is 0 Å². The molecule has 2 amide bonds. The smallest absolute Gasteiger partial charge is 0.234 e. The van der Waals surface area contributed by atoms with Crippen LogP contribution in [-0.2, 0) is 9.59 Å². The number of piperazine rings is 1. The molecule has 0 aromatic carbocycles. The van der Waals surface area contributed by atoms with Crippen LogP contribution in [0.5, 0.6) is 0 Å². The van der Waals surface area contributed by atoms with E-state index in [1.165, 1.54) is 19.3 Å². The van der Waals surface area contributed by atoms with Gasteiger partial charge in [0, 0.05) is 58.8 Å². The van der Waals surface area contributed by atoms with Crippen molar-refractivity contribution in [1.29, 1.82) is 0 Å². The van der Waals surface area contributed by atoms with Crippen molar-refractivity contribution in [3.8, 4) is 0 Å². The predicted molar refractivity (Wildman–Crippen MR) is 93.6 cm³/mol. The number of carbonyl (C=O) groups excluding carboxylic acids is 2. The van der Waals surface area contributed by atoms with Gasteiger partial charge in [0.1, 0.15) is 0 Å². The van der Waals surface area contributed by atoms with Crippen molar-refractivity contribution < 1.29 is 9.59 Å². The summed E-state index contributed by atoms with van der Waals surface area (Å²) in [7, 11) is 0. The fourth-order valence-corrected chi connectivity index (χ4v) is 4.23. The molecule has 0 radical (unpaired) electrons. The van der Waals surface area contributed by atoms with Crippen molar-refractivity contribution >= 4 is 11.8 Å². The van der Waals surface area contributed by atoms with E-state index in [1.807, 2.05) is 4.90 Å². The van der Waals surface area contributed by atoms with Crippen molar-refractivity contribution in [2.24, 2.45) is 11.8 Å². The maximum absolute atomic E-state index is 12.1. The first-order valence-corrected chi connectivity index (χ1v) is 9.51. The number of nitrogens with one attached hydrogen (secondary N) is 1. The van der Waals surface area contributed by atoms with E-state index in [0.717, 1.165) is 51.7 Å². The minimum Gasteiger partial charge on any atom is -0.355 e.